The minimum absolute atomic E-state index is 0.0333. The maximum absolute atomic E-state index is 12.4. The third-order valence-electron chi connectivity index (χ3n) is 3.56. The van der Waals surface area contributed by atoms with Crippen LogP contribution >= 0.6 is 0 Å². The van der Waals surface area contributed by atoms with Gasteiger partial charge in [-0.1, -0.05) is 0 Å². The highest BCUT2D eigenvalue weighted by Crippen LogP contribution is 2.10. The van der Waals surface area contributed by atoms with Crippen LogP contribution in [0.3, 0.4) is 0 Å². The van der Waals surface area contributed by atoms with Gasteiger partial charge in [-0.25, -0.2) is 4.98 Å². The maximum atomic E-state index is 12.4. The summed E-state index contributed by atoms with van der Waals surface area (Å²) in [6, 6.07) is 3.61. The fourth-order valence-corrected chi connectivity index (χ4v) is 2.39. The van der Waals surface area contributed by atoms with Gasteiger partial charge >= 0.3 is 0 Å². The number of β-amino-alcohol motifs (C(OH)–C–C–N with tert-alkyl or cyclic N) is 1. The van der Waals surface area contributed by atoms with Gasteiger partial charge in [0.05, 0.1) is 12.2 Å². The van der Waals surface area contributed by atoms with Crippen LogP contribution in [0.1, 0.15) is 16.8 Å². The quantitative estimate of drug-likeness (QED) is 0.827. The van der Waals surface area contributed by atoms with E-state index in [0.717, 1.165) is 31.9 Å². The Labute approximate surface area is 119 Å². The fourth-order valence-electron chi connectivity index (χ4n) is 2.39. The predicted molar refractivity (Wildman–Crippen MR) is 77.8 cm³/mol. The number of aromatic nitrogens is 1. The Morgan fingerprint density at radius 3 is 2.85 bits per heavy atom. The van der Waals surface area contributed by atoms with E-state index in [1.165, 1.54) is 0 Å². The highest BCUT2D eigenvalue weighted by atomic mass is 16.3. The molecule has 0 aromatic carbocycles. The van der Waals surface area contributed by atoms with Crippen molar-refractivity contribution in [1.29, 1.82) is 0 Å². The minimum Gasteiger partial charge on any atom is -0.395 e. The van der Waals surface area contributed by atoms with Crippen molar-refractivity contribution in [2.45, 2.75) is 6.42 Å². The van der Waals surface area contributed by atoms with Gasteiger partial charge < -0.3 is 15.3 Å². The van der Waals surface area contributed by atoms with Crippen LogP contribution in [0.2, 0.25) is 0 Å². The fraction of sp³-hybridized carbons (Fsp3) is 0.571. The normalized spacial score (nSPS) is 16.8. The van der Waals surface area contributed by atoms with Gasteiger partial charge in [0.2, 0.25) is 0 Å². The lowest BCUT2D eigenvalue weighted by Crippen LogP contribution is -2.36. The van der Waals surface area contributed by atoms with E-state index in [1.54, 1.807) is 19.3 Å². The molecule has 0 saturated carbocycles. The van der Waals surface area contributed by atoms with Crippen molar-refractivity contribution in [2.24, 2.45) is 0 Å². The minimum atomic E-state index is 0.0333. The SMILES string of the molecule is CNc1ccc(C(=O)N2CCCN(CCO)CC2)cn1. The van der Waals surface area contributed by atoms with Crippen LogP contribution in [0.25, 0.3) is 0 Å². The van der Waals surface area contributed by atoms with Gasteiger partial charge in [0.25, 0.3) is 5.91 Å². The second kappa shape index (κ2) is 7.21. The molecular weight excluding hydrogens is 256 g/mol. The molecule has 6 nitrogen and oxygen atoms in total. The van der Waals surface area contributed by atoms with Crippen molar-refractivity contribution in [3.8, 4) is 0 Å². The lowest BCUT2D eigenvalue weighted by molar-refractivity contribution is 0.0760. The molecule has 1 aliphatic rings. The summed E-state index contributed by atoms with van der Waals surface area (Å²) in [5.41, 5.74) is 0.625. The molecule has 20 heavy (non-hydrogen) atoms. The first kappa shape index (κ1) is 14.7. The van der Waals surface area contributed by atoms with E-state index in [0.29, 0.717) is 18.7 Å². The first-order valence-electron chi connectivity index (χ1n) is 7.01. The Bertz CT molecular complexity index is 435. The molecule has 0 radical (unpaired) electrons. The molecule has 2 N–H and O–H groups in total. The first-order chi connectivity index (χ1) is 9.74. The van der Waals surface area contributed by atoms with Gasteiger partial charge in [0.1, 0.15) is 5.82 Å². The van der Waals surface area contributed by atoms with Crippen molar-refractivity contribution in [3.05, 3.63) is 23.9 Å². The zero-order valence-electron chi connectivity index (χ0n) is 11.9. The lowest BCUT2D eigenvalue weighted by atomic mass is 10.2. The monoisotopic (exact) mass is 278 g/mol. The zero-order valence-corrected chi connectivity index (χ0v) is 11.9. The molecule has 0 unspecified atom stereocenters. The molecule has 1 fully saturated rings. The Hall–Kier alpha value is -1.66. The van der Waals surface area contributed by atoms with Crippen molar-refractivity contribution in [1.82, 2.24) is 14.8 Å². The van der Waals surface area contributed by atoms with E-state index in [1.807, 2.05) is 11.0 Å². The number of nitrogens with zero attached hydrogens (tertiary/aromatic N) is 3. The van der Waals surface area contributed by atoms with E-state index >= 15 is 0 Å². The Balaban J connectivity index is 1.97. The van der Waals surface area contributed by atoms with Crippen LogP contribution < -0.4 is 5.32 Å². The van der Waals surface area contributed by atoms with Crippen LogP contribution in [-0.2, 0) is 0 Å². The Morgan fingerprint density at radius 1 is 1.35 bits per heavy atom. The van der Waals surface area contributed by atoms with E-state index in [-0.39, 0.29) is 12.5 Å². The number of aliphatic hydroxyl groups is 1. The van der Waals surface area contributed by atoms with Crippen LogP contribution in [-0.4, -0.2) is 72.2 Å². The summed E-state index contributed by atoms with van der Waals surface area (Å²) in [6.07, 6.45) is 2.55. The average Bonchev–Trinajstić information content (AvgIpc) is 2.73. The summed E-state index contributed by atoms with van der Waals surface area (Å²) in [4.78, 5) is 20.7. The summed E-state index contributed by atoms with van der Waals surface area (Å²) >= 11 is 0. The van der Waals surface area contributed by atoms with Crippen LogP contribution in [0, 0.1) is 0 Å². The molecule has 0 bridgehead atoms. The van der Waals surface area contributed by atoms with Gasteiger partial charge in [-0.05, 0) is 25.1 Å². The number of nitrogens with one attached hydrogen (secondary N) is 1. The van der Waals surface area contributed by atoms with Gasteiger partial charge in [-0.15, -0.1) is 0 Å². The van der Waals surface area contributed by atoms with Crippen molar-refractivity contribution in [2.75, 3.05) is 51.7 Å². The van der Waals surface area contributed by atoms with Crippen molar-refractivity contribution >= 4 is 11.7 Å². The standard InChI is InChI=1S/C14H22N4O2/c1-15-13-4-3-12(11-16-13)14(20)18-6-2-5-17(7-8-18)9-10-19/h3-4,11,19H,2,5-10H2,1H3,(H,15,16). The van der Waals surface area contributed by atoms with Crippen LogP contribution in [0.15, 0.2) is 18.3 Å². The Morgan fingerprint density at radius 2 is 2.20 bits per heavy atom. The van der Waals surface area contributed by atoms with E-state index in [9.17, 15) is 4.79 Å². The third-order valence-corrected chi connectivity index (χ3v) is 3.56. The summed E-state index contributed by atoms with van der Waals surface area (Å²) in [6.45, 7) is 4.06. The van der Waals surface area contributed by atoms with Crippen molar-refractivity contribution in [3.63, 3.8) is 0 Å². The number of rotatable bonds is 4. The van der Waals surface area contributed by atoms with Crippen LogP contribution in [0.5, 0.6) is 0 Å². The van der Waals surface area contributed by atoms with Crippen molar-refractivity contribution < 1.29 is 9.90 Å². The smallest absolute Gasteiger partial charge is 0.255 e. The second-order valence-corrected chi connectivity index (χ2v) is 4.89. The summed E-state index contributed by atoms with van der Waals surface area (Å²) in [5.74, 6) is 0.789. The number of anilines is 1. The third kappa shape index (κ3) is 3.68. The highest BCUT2D eigenvalue weighted by molar-refractivity contribution is 5.94. The molecule has 1 saturated heterocycles. The van der Waals surface area contributed by atoms with E-state index < -0.39 is 0 Å². The topological polar surface area (TPSA) is 68.7 Å². The van der Waals surface area contributed by atoms with Gasteiger partial charge in [-0.3, -0.25) is 9.69 Å². The molecule has 1 aromatic rings. The second-order valence-electron chi connectivity index (χ2n) is 4.89. The summed E-state index contributed by atoms with van der Waals surface area (Å²) in [7, 11) is 1.80. The number of pyridine rings is 1. The Kier molecular flexibility index (Phi) is 5.31. The zero-order chi connectivity index (χ0) is 14.4. The maximum Gasteiger partial charge on any atom is 0.255 e. The molecule has 1 amide bonds. The number of carbonyl (C=O) groups is 1. The molecule has 0 spiro atoms. The molecule has 6 heteroatoms. The van der Waals surface area contributed by atoms with Gasteiger partial charge in [-0.2, -0.15) is 0 Å². The predicted octanol–water partition coefficient (Wildman–Crippen LogP) is 0.264. The van der Waals surface area contributed by atoms with E-state index in [2.05, 4.69) is 15.2 Å². The average molecular weight is 278 g/mol. The molecule has 2 heterocycles. The lowest BCUT2D eigenvalue weighted by Gasteiger charge is -2.21. The van der Waals surface area contributed by atoms with Crippen LogP contribution in [0.4, 0.5) is 5.82 Å². The summed E-state index contributed by atoms with van der Waals surface area (Å²) < 4.78 is 0. The molecule has 1 aromatic heterocycles. The molecule has 110 valence electrons. The molecule has 0 aliphatic carbocycles. The van der Waals surface area contributed by atoms with E-state index in [4.69, 9.17) is 5.11 Å². The number of aliphatic hydroxyl groups excluding tert-OH is 1. The highest BCUT2D eigenvalue weighted by Gasteiger charge is 2.20. The molecular formula is C14H22N4O2. The summed E-state index contributed by atoms with van der Waals surface area (Å²) in [5, 5.41) is 11.9. The molecule has 2 rings (SSSR count). The first-order valence-corrected chi connectivity index (χ1v) is 7.01. The molecule has 0 atom stereocenters. The van der Waals surface area contributed by atoms with Gasteiger partial charge in [0, 0.05) is 39.4 Å². The number of carbonyl (C=O) groups excluding carboxylic acids is 1. The number of amides is 1. The van der Waals surface area contributed by atoms with Gasteiger partial charge in [0.15, 0.2) is 0 Å². The largest absolute Gasteiger partial charge is 0.395 e. The molecule has 1 aliphatic heterocycles. The number of hydrogen-bond acceptors (Lipinski definition) is 5. The number of hydrogen-bond donors (Lipinski definition) is 2.